The number of H-pyrrole nitrogens is 1. The van der Waals surface area contributed by atoms with Gasteiger partial charge in [-0.15, -0.1) is 0 Å². The molecule has 0 aliphatic carbocycles. The highest BCUT2D eigenvalue weighted by molar-refractivity contribution is 5.84. The van der Waals surface area contributed by atoms with Crippen molar-refractivity contribution in [3.8, 4) is 17.2 Å². The molecule has 176 valence electrons. The Hall–Kier alpha value is -3.34. The molecule has 2 saturated heterocycles. The van der Waals surface area contributed by atoms with Crippen molar-refractivity contribution in [2.45, 2.75) is 13.5 Å². The molecule has 0 unspecified atom stereocenters. The third-order valence-corrected chi connectivity index (χ3v) is 6.26. The summed E-state index contributed by atoms with van der Waals surface area (Å²) < 4.78 is 12.8. The number of fused-ring (bicyclic) bond motifs is 1. The second-order valence-electron chi connectivity index (χ2n) is 8.73. The summed E-state index contributed by atoms with van der Waals surface area (Å²) in [4.78, 5) is 22.6. The number of imidazole rings is 1. The zero-order chi connectivity index (χ0) is 22.9. The van der Waals surface area contributed by atoms with Crippen molar-refractivity contribution in [2.75, 3.05) is 57.5 Å². The molecule has 2 aliphatic heterocycles. The van der Waals surface area contributed by atoms with Crippen LogP contribution in [0.3, 0.4) is 0 Å². The van der Waals surface area contributed by atoms with Crippen LogP contribution in [0.5, 0.6) is 0 Å². The van der Waals surface area contributed by atoms with Gasteiger partial charge >= 0.3 is 0 Å². The molecule has 1 aromatic carbocycles. The molecule has 0 atom stereocenters. The van der Waals surface area contributed by atoms with E-state index < -0.39 is 0 Å². The Morgan fingerprint density at radius 3 is 2.53 bits per heavy atom. The maximum atomic E-state index is 5.57. The van der Waals surface area contributed by atoms with Crippen molar-refractivity contribution >= 4 is 17.0 Å². The van der Waals surface area contributed by atoms with Crippen LogP contribution in [0.25, 0.3) is 28.4 Å². The van der Waals surface area contributed by atoms with E-state index in [1.54, 1.807) is 4.68 Å². The number of rotatable bonds is 5. The monoisotopic (exact) mass is 460 g/mol. The lowest BCUT2D eigenvalue weighted by atomic mass is 10.1. The lowest BCUT2D eigenvalue weighted by molar-refractivity contribution is 0.0332. The molecule has 34 heavy (non-hydrogen) atoms. The van der Waals surface area contributed by atoms with Gasteiger partial charge in [-0.3, -0.25) is 4.90 Å². The highest BCUT2D eigenvalue weighted by Gasteiger charge is 2.22. The smallest absolute Gasteiger partial charge is 0.254 e. The quantitative estimate of drug-likeness (QED) is 0.484. The van der Waals surface area contributed by atoms with Crippen LogP contribution < -0.4 is 4.90 Å². The molecule has 0 radical (unpaired) electrons. The number of ether oxygens (including phenoxy) is 2. The number of hydrogen-bond donors (Lipinski definition) is 1. The van der Waals surface area contributed by atoms with E-state index in [9.17, 15) is 0 Å². The van der Waals surface area contributed by atoms with Gasteiger partial charge in [0, 0.05) is 37.9 Å². The van der Waals surface area contributed by atoms with Gasteiger partial charge in [-0.1, -0.05) is 23.8 Å². The molecule has 1 N–H and O–H groups in total. The average Bonchev–Trinajstić information content (AvgIpc) is 3.52. The fourth-order valence-electron chi connectivity index (χ4n) is 4.46. The van der Waals surface area contributed by atoms with Gasteiger partial charge < -0.3 is 19.4 Å². The molecule has 0 saturated carbocycles. The van der Waals surface area contributed by atoms with Gasteiger partial charge in [0.05, 0.1) is 38.7 Å². The van der Waals surface area contributed by atoms with Crippen molar-refractivity contribution in [1.29, 1.82) is 0 Å². The van der Waals surface area contributed by atoms with Gasteiger partial charge in [-0.2, -0.15) is 15.1 Å². The molecule has 4 aromatic rings. The minimum absolute atomic E-state index is 0.523. The van der Waals surface area contributed by atoms with E-state index >= 15 is 0 Å². The predicted octanol–water partition coefficient (Wildman–Crippen LogP) is 2.18. The van der Waals surface area contributed by atoms with Crippen LogP contribution in [0.4, 0.5) is 5.82 Å². The first-order valence-corrected chi connectivity index (χ1v) is 11.8. The largest absolute Gasteiger partial charge is 0.379 e. The first-order chi connectivity index (χ1) is 16.7. The van der Waals surface area contributed by atoms with Crippen LogP contribution >= 0.6 is 0 Å². The maximum absolute atomic E-state index is 5.57. The number of aryl methyl sites for hydroxylation is 1. The van der Waals surface area contributed by atoms with Crippen LogP contribution in [0.2, 0.25) is 0 Å². The van der Waals surface area contributed by atoms with E-state index in [2.05, 4.69) is 39.9 Å². The molecule has 2 fully saturated rings. The number of benzene rings is 1. The minimum atomic E-state index is 0.523. The number of aromatic amines is 1. The van der Waals surface area contributed by atoms with Crippen LogP contribution in [-0.4, -0.2) is 87.2 Å². The van der Waals surface area contributed by atoms with Crippen LogP contribution in [0.15, 0.2) is 36.5 Å². The molecule has 0 bridgehead atoms. The van der Waals surface area contributed by atoms with E-state index in [-0.39, 0.29) is 0 Å². The van der Waals surface area contributed by atoms with Gasteiger partial charge in [-0.25, -0.2) is 9.67 Å². The first-order valence-electron chi connectivity index (χ1n) is 11.8. The van der Waals surface area contributed by atoms with Gasteiger partial charge in [-0.05, 0) is 19.1 Å². The summed E-state index contributed by atoms with van der Waals surface area (Å²) >= 11 is 0. The fraction of sp³-hybridized carbons (Fsp3) is 0.417. The van der Waals surface area contributed by atoms with Crippen molar-refractivity contribution in [2.24, 2.45) is 0 Å². The highest BCUT2D eigenvalue weighted by atomic mass is 16.5. The summed E-state index contributed by atoms with van der Waals surface area (Å²) in [6.07, 6.45) is 1.91. The molecule has 10 nitrogen and oxygen atoms in total. The Bertz CT molecular complexity index is 1290. The Kier molecular flexibility index (Phi) is 5.69. The van der Waals surface area contributed by atoms with Gasteiger partial charge in [0.25, 0.3) is 5.95 Å². The molecule has 6 rings (SSSR count). The van der Waals surface area contributed by atoms with Gasteiger partial charge in [0.15, 0.2) is 17.0 Å². The Labute approximate surface area is 197 Å². The van der Waals surface area contributed by atoms with E-state index in [4.69, 9.17) is 29.5 Å². The second kappa shape index (κ2) is 9.13. The van der Waals surface area contributed by atoms with Gasteiger partial charge in [0.2, 0.25) is 0 Å². The standard InChI is InChI=1S/C24H28N8O2/c1-17-3-2-4-18(15-17)19-5-6-32(29-19)24-27-22-21(23(28-24)31-9-13-34-14-10-31)25-20(26-22)16-30-7-11-33-12-8-30/h2-6,15H,7-14,16H2,1H3,(H,25,26,27,28). The van der Waals surface area contributed by atoms with Crippen molar-refractivity contribution < 1.29 is 9.47 Å². The SMILES string of the molecule is Cc1cccc(-c2ccn(-c3nc(N4CCOCC4)c4nc(CN5CCOCC5)[nH]c4n3)n2)c1. The summed E-state index contributed by atoms with van der Waals surface area (Å²) in [6.45, 7) is 9.01. The molecule has 0 spiro atoms. The Balaban J connectivity index is 1.38. The summed E-state index contributed by atoms with van der Waals surface area (Å²) in [5.41, 5.74) is 4.67. The minimum Gasteiger partial charge on any atom is -0.379 e. The van der Waals surface area contributed by atoms with Crippen LogP contribution in [0.1, 0.15) is 11.4 Å². The number of hydrogen-bond acceptors (Lipinski definition) is 8. The van der Waals surface area contributed by atoms with E-state index in [0.29, 0.717) is 19.2 Å². The van der Waals surface area contributed by atoms with Crippen molar-refractivity contribution in [3.05, 3.63) is 47.9 Å². The zero-order valence-electron chi connectivity index (χ0n) is 19.3. The molecule has 0 amide bonds. The average molecular weight is 461 g/mol. The number of morpholine rings is 2. The summed E-state index contributed by atoms with van der Waals surface area (Å²) in [6, 6.07) is 10.3. The molecule has 10 heteroatoms. The number of aromatic nitrogens is 6. The number of nitrogens with zero attached hydrogens (tertiary/aromatic N) is 7. The van der Waals surface area contributed by atoms with Crippen molar-refractivity contribution in [1.82, 2.24) is 34.6 Å². The second-order valence-corrected chi connectivity index (χ2v) is 8.73. The maximum Gasteiger partial charge on any atom is 0.254 e. The third kappa shape index (κ3) is 4.27. The van der Waals surface area contributed by atoms with Gasteiger partial charge in [0.1, 0.15) is 5.82 Å². The Morgan fingerprint density at radius 1 is 0.941 bits per heavy atom. The zero-order valence-corrected chi connectivity index (χ0v) is 19.3. The lowest BCUT2D eigenvalue weighted by Gasteiger charge is -2.28. The summed E-state index contributed by atoms with van der Waals surface area (Å²) in [5, 5.41) is 4.78. The number of nitrogens with one attached hydrogen (secondary N) is 1. The van der Waals surface area contributed by atoms with E-state index in [1.807, 2.05) is 18.3 Å². The third-order valence-electron chi connectivity index (χ3n) is 6.26. The Morgan fingerprint density at radius 2 is 1.74 bits per heavy atom. The molecular weight excluding hydrogens is 432 g/mol. The lowest BCUT2D eigenvalue weighted by Crippen LogP contribution is -2.37. The fourth-order valence-corrected chi connectivity index (χ4v) is 4.46. The van der Waals surface area contributed by atoms with Crippen LogP contribution in [0, 0.1) is 6.92 Å². The highest BCUT2D eigenvalue weighted by Crippen LogP contribution is 2.26. The van der Waals surface area contributed by atoms with Crippen molar-refractivity contribution in [3.63, 3.8) is 0 Å². The summed E-state index contributed by atoms with van der Waals surface area (Å²) in [5.74, 6) is 2.23. The first kappa shape index (κ1) is 21.2. The molecule has 2 aliphatic rings. The molecular formula is C24H28N8O2. The topological polar surface area (TPSA) is 97.2 Å². The number of anilines is 1. The van der Waals surface area contributed by atoms with E-state index in [0.717, 1.165) is 80.0 Å². The molecule has 5 heterocycles. The summed E-state index contributed by atoms with van der Waals surface area (Å²) in [7, 11) is 0. The van der Waals surface area contributed by atoms with Crippen LogP contribution in [-0.2, 0) is 16.0 Å². The normalized spacial score (nSPS) is 17.5. The van der Waals surface area contributed by atoms with E-state index in [1.165, 1.54) is 5.56 Å². The molecule has 3 aromatic heterocycles. The predicted molar refractivity (Wildman–Crippen MR) is 128 cm³/mol.